The summed E-state index contributed by atoms with van der Waals surface area (Å²) in [5.74, 6) is -19.1. The molecule has 4 atom stereocenters. The molecule has 0 saturated heterocycles. The van der Waals surface area contributed by atoms with E-state index in [1.807, 2.05) is 0 Å². The minimum atomic E-state index is -4.89. The summed E-state index contributed by atoms with van der Waals surface area (Å²) in [6, 6.07) is 5.93. The quantitative estimate of drug-likeness (QED) is 0.0482. The Hall–Kier alpha value is -1.08. The number of rotatable bonds is 12. The molecule has 1 aliphatic carbocycles. The Morgan fingerprint density at radius 2 is 0.500 bits per heavy atom. The third-order valence-electron chi connectivity index (χ3n) is 10.3. The van der Waals surface area contributed by atoms with Gasteiger partial charge in [0.2, 0.25) is 0 Å². The second-order valence-electron chi connectivity index (χ2n) is 14.3. The first-order valence-corrected chi connectivity index (χ1v) is 23.9. The van der Waals surface area contributed by atoms with E-state index in [4.69, 9.17) is 0 Å². The molecule has 0 fully saturated rings. The summed E-state index contributed by atoms with van der Waals surface area (Å²) in [6.45, 7) is 0. The Bertz CT molecular complexity index is 2320. The summed E-state index contributed by atoms with van der Waals surface area (Å²) in [5, 5.41) is 99.7. The Morgan fingerprint density at radius 3 is 0.703 bits per heavy atom. The van der Waals surface area contributed by atoms with Gasteiger partial charge in [0.05, 0.1) is 23.0 Å². The molecule has 0 spiro atoms. The Labute approximate surface area is 456 Å². The molecule has 20 nitrogen and oxygen atoms in total. The number of fused-ring (bicyclic) bond motifs is 8. The number of benzene rings is 4. The van der Waals surface area contributed by atoms with Gasteiger partial charge >= 0.3 is 118 Å². The van der Waals surface area contributed by atoms with Crippen molar-refractivity contribution in [2.75, 3.05) is 23.0 Å². The van der Waals surface area contributed by atoms with Crippen molar-refractivity contribution in [2.45, 2.75) is 49.4 Å². The van der Waals surface area contributed by atoms with Crippen LogP contribution in [0.5, 0.6) is 46.0 Å². The van der Waals surface area contributed by atoms with Gasteiger partial charge in [0.1, 0.15) is 23.0 Å². The van der Waals surface area contributed by atoms with Crippen molar-refractivity contribution in [1.29, 1.82) is 0 Å². The van der Waals surface area contributed by atoms with Gasteiger partial charge in [-0.15, -0.1) is 23.0 Å². The van der Waals surface area contributed by atoms with Gasteiger partial charge in [0.25, 0.3) is 40.5 Å². The third-order valence-corrected chi connectivity index (χ3v) is 13.3. The molecule has 64 heavy (non-hydrogen) atoms. The first kappa shape index (κ1) is 60.9. The van der Waals surface area contributed by atoms with E-state index in [0.717, 1.165) is 24.3 Å². The van der Waals surface area contributed by atoms with Crippen molar-refractivity contribution in [2.24, 2.45) is 0 Å². The van der Waals surface area contributed by atoms with Crippen molar-refractivity contribution < 1.29 is 211 Å². The van der Waals surface area contributed by atoms with Gasteiger partial charge < -0.3 is 40.9 Å². The van der Waals surface area contributed by atoms with Crippen LogP contribution in [-0.4, -0.2) is 95.3 Å². The fourth-order valence-electron chi connectivity index (χ4n) is 7.60. The molecule has 328 valence electrons. The van der Waals surface area contributed by atoms with Crippen LogP contribution in [-0.2, 0) is 40.5 Å². The minimum absolute atomic E-state index is 0. The number of hydrogen-bond donors (Lipinski definition) is 8. The molecule has 0 aromatic heterocycles. The van der Waals surface area contributed by atoms with Crippen molar-refractivity contribution in [3.05, 3.63) is 93.0 Å². The van der Waals surface area contributed by atoms with Gasteiger partial charge in [-0.3, -0.25) is 18.2 Å². The zero-order valence-corrected chi connectivity index (χ0v) is 46.0. The van der Waals surface area contributed by atoms with E-state index in [1.54, 1.807) is 0 Å². The first-order valence-electron chi connectivity index (χ1n) is 17.5. The maximum atomic E-state index is 13.7. The van der Waals surface area contributed by atoms with E-state index in [0.29, 0.717) is 24.3 Å². The van der Waals surface area contributed by atoms with E-state index in [9.17, 15) is 92.7 Å². The Kier molecular flexibility index (Phi) is 22.4. The molecule has 1 aliphatic rings. The van der Waals surface area contributed by atoms with Crippen molar-refractivity contribution in [1.82, 2.24) is 0 Å². The number of phenols is 4. The molecule has 0 amide bonds. The van der Waals surface area contributed by atoms with Crippen LogP contribution in [0.2, 0.25) is 0 Å². The largest absolute Gasteiger partial charge is 1.00 e. The van der Waals surface area contributed by atoms with Crippen LogP contribution in [0.4, 0.5) is 0 Å². The van der Waals surface area contributed by atoms with Crippen LogP contribution in [0.15, 0.2) is 48.5 Å². The Morgan fingerprint density at radius 1 is 0.328 bits per heavy atom. The normalized spacial score (nSPS) is 17.4. The van der Waals surface area contributed by atoms with E-state index in [-0.39, 0.29) is 118 Å². The summed E-state index contributed by atoms with van der Waals surface area (Å²) in [6.07, 6.45) is -3.05. The molecular formula is C36H36Na4O20S4. The smallest absolute Gasteiger partial charge is 0.872 e. The average Bonchev–Trinajstić information content (AvgIpc) is 3.08. The van der Waals surface area contributed by atoms with Crippen molar-refractivity contribution in [3.8, 4) is 46.0 Å². The van der Waals surface area contributed by atoms with Crippen LogP contribution in [0.25, 0.3) is 0 Å². The minimum Gasteiger partial charge on any atom is -0.872 e. The molecule has 4 aromatic carbocycles. The molecular weight excluding hydrogens is 973 g/mol. The number of aromatic hydroxyl groups is 4. The molecule has 28 heteroatoms. The topological polar surface area (TPSA) is 391 Å². The van der Waals surface area contributed by atoms with Gasteiger partial charge in [-0.2, -0.15) is 33.7 Å². The van der Waals surface area contributed by atoms with E-state index in [2.05, 4.69) is 0 Å². The standard InChI is InChI=1S/C36H40O20S4.4Na/c37-29-13-31(39)23-9-21(29)17(1-5-57(45,46)47)22-10-24(32(40)14-30(22)38)19(3-7-59(51,52)53)26-12-28(36(44)16-34(26)42)20(4-8-60(54,55)56)27-11-25(33(41)15-35(27)43)18(23)2-6-58(48,49)50;;;;/h9-20,37-44H,1-8H2,(H,45,46,47)(H,48,49,50)(H,51,52,53)(H,54,55,56);;;;/q;4*+1/p-4/t17-,18?,19?,20+;;;;. The SMILES string of the molecule is O=S(=O)(O)CCC1c2cc(c([O-])cc2[O-])[C@@H](CCS(=O)(=O)O)c2cc(c(O)cc2O)C(CCS(=O)(=O)O)c2cc(c(O)cc2O)[C@@H](CCS(=O)(=O)O)c2cc1c([O-])cc2[O-].[Na+].[Na+].[Na+].[Na+]. The van der Waals surface area contributed by atoms with Gasteiger partial charge in [-0.1, -0.05) is 24.3 Å². The van der Waals surface area contributed by atoms with Gasteiger partial charge in [-0.25, -0.2) is 0 Å². The summed E-state index contributed by atoms with van der Waals surface area (Å²) in [4.78, 5) is 0. The van der Waals surface area contributed by atoms with Crippen LogP contribution in [0, 0.1) is 0 Å². The molecule has 2 unspecified atom stereocenters. The summed E-state index contributed by atoms with van der Waals surface area (Å²) in [7, 11) is -19.5. The third kappa shape index (κ3) is 15.5. The zero-order valence-electron chi connectivity index (χ0n) is 34.7. The van der Waals surface area contributed by atoms with E-state index in [1.165, 1.54) is 0 Å². The van der Waals surface area contributed by atoms with Gasteiger partial charge in [0, 0.05) is 58.1 Å². The van der Waals surface area contributed by atoms with E-state index >= 15 is 0 Å². The average molecular weight is 1010 g/mol. The predicted molar refractivity (Wildman–Crippen MR) is 202 cm³/mol. The van der Waals surface area contributed by atoms with E-state index < -0.39 is 203 Å². The van der Waals surface area contributed by atoms with Crippen LogP contribution < -0.4 is 139 Å². The Balaban J connectivity index is 0.00000512. The summed E-state index contributed by atoms with van der Waals surface area (Å²) < 4.78 is 135. The molecule has 0 radical (unpaired) electrons. The molecule has 5 rings (SSSR count). The maximum absolute atomic E-state index is 13.7. The van der Waals surface area contributed by atoms with Crippen LogP contribution in [0.3, 0.4) is 0 Å². The van der Waals surface area contributed by atoms with Crippen molar-refractivity contribution in [3.63, 3.8) is 0 Å². The monoisotopic (exact) mass is 1010 g/mol. The fraction of sp³-hybridized carbons (Fsp3) is 0.333. The van der Waals surface area contributed by atoms with Gasteiger partial charge in [0.15, 0.2) is 0 Å². The van der Waals surface area contributed by atoms with Crippen LogP contribution in [0.1, 0.15) is 93.9 Å². The van der Waals surface area contributed by atoms with Crippen LogP contribution >= 0.6 is 0 Å². The second kappa shape index (κ2) is 23.5. The maximum Gasteiger partial charge on any atom is 1.00 e. The summed E-state index contributed by atoms with van der Waals surface area (Å²) >= 11 is 0. The van der Waals surface area contributed by atoms with Gasteiger partial charge in [-0.05, 0) is 60.1 Å². The van der Waals surface area contributed by atoms with Crippen molar-refractivity contribution >= 4 is 40.5 Å². The fourth-order valence-corrected chi connectivity index (χ4v) is 9.74. The molecule has 0 heterocycles. The number of hydrogen-bond acceptors (Lipinski definition) is 16. The molecule has 8 bridgehead atoms. The first-order chi connectivity index (χ1) is 27.5. The second-order valence-corrected chi connectivity index (χ2v) is 20.6. The molecule has 0 aliphatic heterocycles. The zero-order chi connectivity index (χ0) is 44.9. The number of phenolic OH excluding ortho intramolecular Hbond substituents is 4. The molecule has 8 N–H and O–H groups in total. The summed E-state index contributed by atoms with van der Waals surface area (Å²) in [5.41, 5.74) is -3.75. The predicted octanol–water partition coefficient (Wildman–Crippen LogP) is -11.2. The molecule has 4 aromatic rings. The molecule has 0 saturated carbocycles.